The maximum absolute atomic E-state index is 8.76. The standard InChI is InChI=1S/C18H30N4OSi/c1-18(2,3)24(4,5)23-17-11-12-22(16(17)13-20-21-19)14-15-9-7-6-8-10-15/h6-10,16-17H,11-14H2,1-5H3/t16-,17+/m1/s1. The number of rotatable bonds is 6. The second-order valence-electron chi connectivity index (χ2n) is 8.14. The molecule has 0 radical (unpaired) electrons. The Hall–Kier alpha value is -1.33. The number of likely N-dealkylation sites (tertiary alicyclic amines) is 1. The second-order valence-corrected chi connectivity index (χ2v) is 12.9. The SMILES string of the molecule is CC(C)(C)[Si](C)(C)O[C@H]1CCN(Cc2ccccc2)[C@@H]1CN=[N+]=[N-]. The van der Waals surface area contributed by atoms with Gasteiger partial charge in [-0.15, -0.1) is 0 Å². The lowest BCUT2D eigenvalue weighted by molar-refractivity contribution is 0.124. The Morgan fingerprint density at radius 3 is 2.54 bits per heavy atom. The fourth-order valence-corrected chi connectivity index (χ4v) is 4.33. The van der Waals surface area contributed by atoms with Crippen LogP contribution in [0.15, 0.2) is 35.4 Å². The summed E-state index contributed by atoms with van der Waals surface area (Å²) in [6.45, 7) is 13.7. The van der Waals surface area contributed by atoms with Gasteiger partial charge in [0.2, 0.25) is 0 Å². The minimum atomic E-state index is -1.83. The lowest BCUT2D eigenvalue weighted by atomic mass is 10.1. The van der Waals surface area contributed by atoms with Crippen molar-refractivity contribution in [3.8, 4) is 0 Å². The summed E-state index contributed by atoms with van der Waals surface area (Å²) in [5.41, 5.74) is 10.0. The third-order valence-electron chi connectivity index (χ3n) is 5.41. The zero-order valence-corrected chi connectivity index (χ0v) is 16.6. The molecule has 24 heavy (non-hydrogen) atoms. The monoisotopic (exact) mass is 346 g/mol. The number of azide groups is 1. The van der Waals surface area contributed by atoms with Crippen LogP contribution in [0, 0.1) is 0 Å². The van der Waals surface area contributed by atoms with Crippen LogP contribution in [-0.2, 0) is 11.0 Å². The lowest BCUT2D eigenvalue weighted by Gasteiger charge is -2.40. The van der Waals surface area contributed by atoms with Gasteiger partial charge in [-0.3, -0.25) is 4.90 Å². The van der Waals surface area contributed by atoms with E-state index in [1.165, 1.54) is 5.56 Å². The van der Waals surface area contributed by atoms with Crippen molar-refractivity contribution in [2.24, 2.45) is 5.11 Å². The van der Waals surface area contributed by atoms with Gasteiger partial charge in [0.1, 0.15) is 0 Å². The first-order valence-corrected chi connectivity index (χ1v) is 11.6. The first-order valence-electron chi connectivity index (χ1n) is 8.71. The quantitative estimate of drug-likeness (QED) is 0.316. The third-order valence-corrected chi connectivity index (χ3v) is 9.92. The molecule has 0 amide bonds. The molecule has 0 unspecified atom stereocenters. The van der Waals surface area contributed by atoms with Crippen LogP contribution in [0.1, 0.15) is 32.8 Å². The van der Waals surface area contributed by atoms with Gasteiger partial charge in [0, 0.05) is 30.6 Å². The summed E-state index contributed by atoms with van der Waals surface area (Å²) in [5.74, 6) is 0. The maximum Gasteiger partial charge on any atom is 0.192 e. The molecule has 2 rings (SSSR count). The Kier molecular flexibility index (Phi) is 6.10. The topological polar surface area (TPSA) is 61.2 Å². The van der Waals surface area contributed by atoms with Gasteiger partial charge in [0.15, 0.2) is 8.32 Å². The zero-order chi connectivity index (χ0) is 17.8. The Balaban J connectivity index is 2.12. The molecule has 0 aliphatic carbocycles. The normalized spacial score (nSPS) is 22.4. The van der Waals surface area contributed by atoms with Crippen LogP contribution in [0.3, 0.4) is 0 Å². The number of hydrogen-bond acceptors (Lipinski definition) is 3. The molecular formula is C18H30N4OSi. The molecule has 0 bridgehead atoms. The minimum Gasteiger partial charge on any atom is -0.412 e. The Bertz CT molecular complexity index is 578. The van der Waals surface area contributed by atoms with E-state index < -0.39 is 8.32 Å². The first-order chi connectivity index (χ1) is 11.2. The van der Waals surface area contributed by atoms with Gasteiger partial charge in [-0.2, -0.15) is 0 Å². The summed E-state index contributed by atoms with van der Waals surface area (Å²) >= 11 is 0. The molecule has 0 spiro atoms. The van der Waals surface area contributed by atoms with Crippen molar-refractivity contribution in [2.75, 3.05) is 13.1 Å². The molecule has 1 fully saturated rings. The van der Waals surface area contributed by atoms with E-state index in [9.17, 15) is 0 Å². The fraction of sp³-hybridized carbons (Fsp3) is 0.667. The van der Waals surface area contributed by atoms with Crippen molar-refractivity contribution in [1.29, 1.82) is 0 Å². The van der Waals surface area contributed by atoms with Crippen molar-refractivity contribution < 1.29 is 4.43 Å². The Morgan fingerprint density at radius 2 is 1.96 bits per heavy atom. The molecule has 132 valence electrons. The van der Waals surface area contributed by atoms with E-state index in [0.717, 1.165) is 19.5 Å². The van der Waals surface area contributed by atoms with E-state index in [4.69, 9.17) is 9.96 Å². The van der Waals surface area contributed by atoms with Crippen molar-refractivity contribution in [2.45, 2.75) is 64.0 Å². The molecule has 2 atom stereocenters. The molecule has 1 aromatic rings. The third kappa shape index (κ3) is 4.60. The van der Waals surface area contributed by atoms with Gasteiger partial charge < -0.3 is 4.43 Å². The van der Waals surface area contributed by atoms with Crippen LogP contribution < -0.4 is 0 Å². The van der Waals surface area contributed by atoms with Gasteiger partial charge in [0.25, 0.3) is 0 Å². The maximum atomic E-state index is 8.76. The van der Waals surface area contributed by atoms with E-state index in [0.29, 0.717) is 6.54 Å². The van der Waals surface area contributed by atoms with E-state index in [1.54, 1.807) is 0 Å². The van der Waals surface area contributed by atoms with E-state index in [-0.39, 0.29) is 17.2 Å². The highest BCUT2D eigenvalue weighted by Crippen LogP contribution is 2.39. The minimum absolute atomic E-state index is 0.153. The molecule has 5 nitrogen and oxygen atoms in total. The summed E-state index contributed by atoms with van der Waals surface area (Å²) in [4.78, 5) is 5.38. The largest absolute Gasteiger partial charge is 0.412 e. The summed E-state index contributed by atoms with van der Waals surface area (Å²) in [5, 5.41) is 4.05. The highest BCUT2D eigenvalue weighted by Gasteiger charge is 2.43. The van der Waals surface area contributed by atoms with Crippen molar-refractivity contribution in [3.63, 3.8) is 0 Å². The van der Waals surface area contributed by atoms with Crippen LogP contribution in [0.25, 0.3) is 10.4 Å². The summed E-state index contributed by atoms with van der Waals surface area (Å²) < 4.78 is 6.65. The lowest BCUT2D eigenvalue weighted by Crippen LogP contribution is -2.48. The Labute approximate surface area is 146 Å². The van der Waals surface area contributed by atoms with Gasteiger partial charge in [0.05, 0.1) is 6.10 Å². The molecule has 1 heterocycles. The molecular weight excluding hydrogens is 316 g/mol. The molecule has 0 saturated carbocycles. The molecule has 0 aromatic heterocycles. The van der Waals surface area contributed by atoms with Gasteiger partial charge in [-0.05, 0) is 35.6 Å². The van der Waals surface area contributed by atoms with Crippen LogP contribution >= 0.6 is 0 Å². The van der Waals surface area contributed by atoms with Crippen LogP contribution in [0.4, 0.5) is 0 Å². The van der Waals surface area contributed by atoms with E-state index in [2.05, 4.69) is 73.1 Å². The fourth-order valence-electron chi connectivity index (χ4n) is 2.95. The van der Waals surface area contributed by atoms with Gasteiger partial charge in [-0.1, -0.05) is 56.2 Å². The first kappa shape index (κ1) is 19.0. The molecule has 1 saturated heterocycles. The van der Waals surface area contributed by atoms with Crippen LogP contribution in [0.5, 0.6) is 0 Å². The van der Waals surface area contributed by atoms with Gasteiger partial charge >= 0.3 is 0 Å². The summed E-state index contributed by atoms with van der Waals surface area (Å²) in [6.07, 6.45) is 1.16. The molecule has 1 aliphatic rings. The molecule has 0 N–H and O–H groups in total. The predicted molar refractivity (Wildman–Crippen MR) is 101 cm³/mol. The highest BCUT2D eigenvalue weighted by molar-refractivity contribution is 6.74. The molecule has 6 heteroatoms. The smallest absolute Gasteiger partial charge is 0.192 e. The predicted octanol–water partition coefficient (Wildman–Crippen LogP) is 4.96. The average Bonchev–Trinajstić information content (AvgIpc) is 2.86. The summed E-state index contributed by atoms with van der Waals surface area (Å²) in [6, 6.07) is 10.6. The average molecular weight is 347 g/mol. The molecule has 1 aliphatic heterocycles. The second kappa shape index (κ2) is 7.70. The highest BCUT2D eigenvalue weighted by atomic mass is 28.4. The number of benzene rings is 1. The van der Waals surface area contributed by atoms with Crippen molar-refractivity contribution >= 4 is 8.32 Å². The Morgan fingerprint density at radius 1 is 1.29 bits per heavy atom. The summed E-state index contributed by atoms with van der Waals surface area (Å²) in [7, 11) is -1.83. The van der Waals surface area contributed by atoms with Crippen LogP contribution in [-0.4, -0.2) is 38.5 Å². The van der Waals surface area contributed by atoms with Crippen molar-refractivity contribution in [1.82, 2.24) is 4.90 Å². The number of nitrogens with zero attached hydrogens (tertiary/aromatic N) is 4. The van der Waals surface area contributed by atoms with E-state index >= 15 is 0 Å². The van der Waals surface area contributed by atoms with Crippen molar-refractivity contribution in [3.05, 3.63) is 46.3 Å². The zero-order valence-electron chi connectivity index (χ0n) is 15.6. The molecule has 1 aromatic carbocycles. The van der Waals surface area contributed by atoms with Crippen LogP contribution in [0.2, 0.25) is 18.1 Å². The number of hydrogen-bond donors (Lipinski definition) is 0. The van der Waals surface area contributed by atoms with E-state index in [1.807, 2.05) is 6.07 Å². The van der Waals surface area contributed by atoms with Gasteiger partial charge in [-0.25, -0.2) is 0 Å².